The lowest BCUT2D eigenvalue weighted by Gasteiger charge is -2.41. The first-order valence-corrected chi connectivity index (χ1v) is 9.17. The molecule has 0 aromatic heterocycles. The van der Waals surface area contributed by atoms with Crippen LogP contribution in [0.2, 0.25) is 0 Å². The zero-order valence-electron chi connectivity index (χ0n) is 14.4. The van der Waals surface area contributed by atoms with Crippen molar-refractivity contribution >= 4 is 0 Å². The first-order valence-electron chi connectivity index (χ1n) is 9.17. The lowest BCUT2D eigenvalue weighted by atomic mass is 9.73. The van der Waals surface area contributed by atoms with E-state index in [-0.39, 0.29) is 0 Å². The van der Waals surface area contributed by atoms with Crippen LogP contribution < -0.4 is 5.32 Å². The molecule has 0 radical (unpaired) electrons. The molecule has 0 amide bonds. The first kappa shape index (κ1) is 17.2. The van der Waals surface area contributed by atoms with Gasteiger partial charge in [0.05, 0.1) is 6.61 Å². The molecule has 2 aliphatic rings. The molecule has 3 nitrogen and oxygen atoms in total. The van der Waals surface area contributed by atoms with E-state index in [1.54, 1.807) is 0 Å². The molecule has 1 saturated heterocycles. The maximum Gasteiger partial charge on any atom is 0.0586 e. The fraction of sp³-hybridized carbons (Fsp3) is 1.00. The van der Waals surface area contributed by atoms with Crippen molar-refractivity contribution in [2.75, 3.05) is 26.7 Å². The van der Waals surface area contributed by atoms with Crippen LogP contribution in [0.25, 0.3) is 0 Å². The molecule has 21 heavy (non-hydrogen) atoms. The molecule has 2 N–H and O–H groups in total. The quantitative estimate of drug-likeness (QED) is 0.819. The maximum absolute atomic E-state index is 9.72. The van der Waals surface area contributed by atoms with Crippen molar-refractivity contribution in [3.63, 3.8) is 0 Å². The van der Waals surface area contributed by atoms with Crippen LogP contribution in [0.3, 0.4) is 0 Å². The van der Waals surface area contributed by atoms with Crippen LogP contribution in [0.4, 0.5) is 0 Å². The topological polar surface area (TPSA) is 35.5 Å². The largest absolute Gasteiger partial charge is 0.395 e. The lowest BCUT2D eigenvalue weighted by Crippen LogP contribution is -2.48. The molecule has 4 atom stereocenters. The van der Waals surface area contributed by atoms with Gasteiger partial charge in [-0.05, 0) is 63.5 Å². The van der Waals surface area contributed by atoms with Gasteiger partial charge >= 0.3 is 0 Å². The SMILES string of the molecule is CNC1CCC(C(C)C)CC1CN1CCCCCC1CO. The molecule has 4 unspecified atom stereocenters. The first-order chi connectivity index (χ1) is 10.2. The highest BCUT2D eigenvalue weighted by Gasteiger charge is 2.33. The second kappa shape index (κ2) is 8.50. The molecule has 1 aliphatic heterocycles. The molecule has 2 fully saturated rings. The standard InChI is InChI=1S/C18H36N2O/c1-14(2)15-8-9-18(19-3)16(11-15)12-20-10-6-4-5-7-17(20)13-21/h14-19,21H,4-13H2,1-3H3. The van der Waals surface area contributed by atoms with E-state index in [1.807, 2.05) is 0 Å². The molecule has 1 saturated carbocycles. The summed E-state index contributed by atoms with van der Waals surface area (Å²) in [4.78, 5) is 2.60. The molecule has 0 aromatic rings. The average molecular weight is 296 g/mol. The van der Waals surface area contributed by atoms with Crippen LogP contribution >= 0.6 is 0 Å². The smallest absolute Gasteiger partial charge is 0.0586 e. The predicted octanol–water partition coefficient (Wildman–Crippen LogP) is 2.88. The number of rotatable bonds is 5. The Morgan fingerprint density at radius 2 is 1.95 bits per heavy atom. The van der Waals surface area contributed by atoms with E-state index in [2.05, 4.69) is 31.1 Å². The van der Waals surface area contributed by atoms with Gasteiger partial charge in [0.1, 0.15) is 0 Å². The van der Waals surface area contributed by atoms with Crippen LogP contribution in [0, 0.1) is 17.8 Å². The number of likely N-dealkylation sites (tertiary alicyclic amines) is 1. The Balaban J connectivity index is 1.98. The Morgan fingerprint density at radius 3 is 2.62 bits per heavy atom. The van der Waals surface area contributed by atoms with Crippen molar-refractivity contribution in [1.29, 1.82) is 0 Å². The molecule has 0 spiro atoms. The Kier molecular flexibility index (Phi) is 6.97. The Hall–Kier alpha value is -0.120. The summed E-state index contributed by atoms with van der Waals surface area (Å²) in [5, 5.41) is 13.3. The summed E-state index contributed by atoms with van der Waals surface area (Å²) in [6, 6.07) is 1.08. The summed E-state index contributed by atoms with van der Waals surface area (Å²) < 4.78 is 0. The van der Waals surface area contributed by atoms with Crippen LogP contribution in [-0.2, 0) is 0 Å². The van der Waals surface area contributed by atoms with E-state index in [4.69, 9.17) is 0 Å². The third-order valence-corrected chi connectivity index (χ3v) is 6.02. The summed E-state index contributed by atoms with van der Waals surface area (Å²) in [6.07, 6.45) is 9.17. The summed E-state index contributed by atoms with van der Waals surface area (Å²) >= 11 is 0. The molecule has 3 heteroatoms. The average Bonchev–Trinajstić information content (AvgIpc) is 2.72. The number of aliphatic hydroxyl groups excluding tert-OH is 1. The number of nitrogens with zero attached hydrogens (tertiary/aromatic N) is 1. The van der Waals surface area contributed by atoms with E-state index in [9.17, 15) is 5.11 Å². The van der Waals surface area contributed by atoms with E-state index in [0.29, 0.717) is 18.7 Å². The second-order valence-electron chi connectivity index (χ2n) is 7.65. The van der Waals surface area contributed by atoms with Gasteiger partial charge in [0.15, 0.2) is 0 Å². The minimum Gasteiger partial charge on any atom is -0.395 e. The van der Waals surface area contributed by atoms with Gasteiger partial charge in [-0.25, -0.2) is 0 Å². The van der Waals surface area contributed by atoms with Crippen molar-refractivity contribution in [2.24, 2.45) is 17.8 Å². The van der Waals surface area contributed by atoms with Gasteiger partial charge in [-0.1, -0.05) is 26.7 Å². The highest BCUT2D eigenvalue weighted by atomic mass is 16.3. The highest BCUT2D eigenvalue weighted by molar-refractivity contribution is 4.88. The minimum atomic E-state index is 0.338. The van der Waals surface area contributed by atoms with Gasteiger partial charge in [0.25, 0.3) is 0 Å². The van der Waals surface area contributed by atoms with Crippen molar-refractivity contribution < 1.29 is 5.11 Å². The summed E-state index contributed by atoms with van der Waals surface area (Å²) in [7, 11) is 2.12. The molecule has 124 valence electrons. The van der Waals surface area contributed by atoms with E-state index in [1.165, 1.54) is 58.0 Å². The van der Waals surface area contributed by atoms with Crippen LogP contribution in [0.5, 0.6) is 0 Å². The molecule has 1 heterocycles. The van der Waals surface area contributed by atoms with Gasteiger partial charge in [-0.15, -0.1) is 0 Å². The van der Waals surface area contributed by atoms with E-state index >= 15 is 0 Å². The maximum atomic E-state index is 9.72. The molecular weight excluding hydrogens is 260 g/mol. The minimum absolute atomic E-state index is 0.338. The molecule has 1 aliphatic carbocycles. The number of hydrogen-bond acceptors (Lipinski definition) is 3. The van der Waals surface area contributed by atoms with Gasteiger partial charge in [-0.2, -0.15) is 0 Å². The Labute approximate surface area is 131 Å². The zero-order chi connectivity index (χ0) is 15.2. The summed E-state index contributed by atoms with van der Waals surface area (Å²) in [5.74, 6) is 2.45. The summed E-state index contributed by atoms with van der Waals surface area (Å²) in [6.45, 7) is 7.46. The van der Waals surface area contributed by atoms with Crippen molar-refractivity contribution in [1.82, 2.24) is 10.2 Å². The monoisotopic (exact) mass is 296 g/mol. The van der Waals surface area contributed by atoms with Gasteiger partial charge in [0, 0.05) is 18.6 Å². The summed E-state index contributed by atoms with van der Waals surface area (Å²) in [5.41, 5.74) is 0. The van der Waals surface area contributed by atoms with Crippen LogP contribution in [0.1, 0.15) is 58.8 Å². The fourth-order valence-corrected chi connectivity index (χ4v) is 4.47. The molecule has 0 bridgehead atoms. The second-order valence-corrected chi connectivity index (χ2v) is 7.65. The van der Waals surface area contributed by atoms with Gasteiger partial charge in [-0.3, -0.25) is 4.90 Å². The number of aliphatic hydroxyl groups is 1. The molecule has 2 rings (SSSR count). The van der Waals surface area contributed by atoms with Crippen molar-refractivity contribution in [3.8, 4) is 0 Å². The van der Waals surface area contributed by atoms with Gasteiger partial charge < -0.3 is 10.4 Å². The van der Waals surface area contributed by atoms with Crippen molar-refractivity contribution in [3.05, 3.63) is 0 Å². The molecule has 0 aromatic carbocycles. The lowest BCUT2D eigenvalue weighted by molar-refractivity contribution is 0.0746. The number of nitrogens with one attached hydrogen (secondary N) is 1. The number of hydrogen-bond donors (Lipinski definition) is 2. The van der Waals surface area contributed by atoms with E-state index in [0.717, 1.165) is 17.8 Å². The van der Waals surface area contributed by atoms with Crippen LogP contribution in [-0.4, -0.2) is 48.8 Å². The van der Waals surface area contributed by atoms with Crippen LogP contribution in [0.15, 0.2) is 0 Å². The fourth-order valence-electron chi connectivity index (χ4n) is 4.47. The Morgan fingerprint density at radius 1 is 1.14 bits per heavy atom. The normalized spacial score (nSPS) is 35.9. The third-order valence-electron chi connectivity index (χ3n) is 6.02. The zero-order valence-corrected chi connectivity index (χ0v) is 14.4. The third kappa shape index (κ3) is 4.67. The highest BCUT2D eigenvalue weighted by Crippen LogP contribution is 2.35. The van der Waals surface area contributed by atoms with Crippen molar-refractivity contribution in [2.45, 2.75) is 70.9 Å². The molecular formula is C18H36N2O. The Bertz CT molecular complexity index is 295. The van der Waals surface area contributed by atoms with E-state index < -0.39 is 0 Å². The van der Waals surface area contributed by atoms with Gasteiger partial charge in [0.2, 0.25) is 0 Å². The predicted molar refractivity (Wildman–Crippen MR) is 89.4 cm³/mol.